The molecule has 2 aromatic rings. The van der Waals surface area contributed by atoms with Crippen LogP contribution >= 0.6 is 38.9 Å². The topological polar surface area (TPSA) is 12.0 Å². The summed E-state index contributed by atoms with van der Waals surface area (Å²) in [5.41, 5.74) is 0.0539. The third kappa shape index (κ3) is 3.64. The van der Waals surface area contributed by atoms with Gasteiger partial charge in [-0.05, 0) is 45.1 Å². The van der Waals surface area contributed by atoms with Gasteiger partial charge in [-0.15, -0.1) is 11.3 Å². The monoisotopic (exact) mass is 369 g/mol. The van der Waals surface area contributed by atoms with Gasteiger partial charge in [-0.2, -0.15) is 13.2 Å². The van der Waals surface area contributed by atoms with Crippen molar-refractivity contribution in [3.8, 4) is 0 Å². The van der Waals surface area contributed by atoms with Crippen LogP contribution in [0.2, 0.25) is 5.02 Å². The van der Waals surface area contributed by atoms with Gasteiger partial charge < -0.3 is 5.32 Å². The van der Waals surface area contributed by atoms with Crippen LogP contribution in [0.1, 0.15) is 11.1 Å². The third-order valence-corrected chi connectivity index (χ3v) is 4.28. The van der Waals surface area contributed by atoms with Crippen molar-refractivity contribution in [2.24, 2.45) is 0 Å². The minimum Gasteiger partial charge on any atom is -0.379 e. The number of hydrogen-bond donors (Lipinski definition) is 1. The second kappa shape index (κ2) is 5.73. The molecule has 0 atom stereocenters. The zero-order chi connectivity index (χ0) is 14.0. The van der Waals surface area contributed by atoms with E-state index in [1.54, 1.807) is 0 Å². The van der Waals surface area contributed by atoms with Crippen molar-refractivity contribution in [3.05, 3.63) is 49.6 Å². The number of halogens is 5. The Morgan fingerprint density at radius 1 is 1.32 bits per heavy atom. The van der Waals surface area contributed by atoms with Gasteiger partial charge in [0.15, 0.2) is 0 Å². The average molecular weight is 371 g/mol. The van der Waals surface area contributed by atoms with Crippen molar-refractivity contribution >= 4 is 44.6 Å². The van der Waals surface area contributed by atoms with E-state index in [4.69, 9.17) is 11.6 Å². The minimum absolute atomic E-state index is 0.0594. The van der Waals surface area contributed by atoms with E-state index in [0.29, 0.717) is 0 Å². The van der Waals surface area contributed by atoms with Crippen LogP contribution in [-0.2, 0) is 12.7 Å². The Balaban J connectivity index is 2.24. The Morgan fingerprint density at radius 3 is 2.63 bits per heavy atom. The summed E-state index contributed by atoms with van der Waals surface area (Å²) in [6.45, 7) is 0.287. The van der Waals surface area contributed by atoms with Crippen molar-refractivity contribution in [2.75, 3.05) is 5.32 Å². The summed E-state index contributed by atoms with van der Waals surface area (Å²) < 4.78 is 39.5. The van der Waals surface area contributed by atoms with Gasteiger partial charge in [-0.3, -0.25) is 0 Å². The smallest absolute Gasteiger partial charge is 0.379 e. The molecule has 0 saturated carbocycles. The van der Waals surface area contributed by atoms with Crippen LogP contribution in [0.5, 0.6) is 0 Å². The van der Waals surface area contributed by atoms with Gasteiger partial charge in [-0.1, -0.05) is 17.7 Å². The van der Waals surface area contributed by atoms with Crippen LogP contribution in [0, 0.1) is 0 Å². The lowest BCUT2D eigenvalue weighted by Gasteiger charge is -2.15. The highest BCUT2D eigenvalue weighted by Crippen LogP contribution is 2.38. The molecule has 0 saturated heterocycles. The number of alkyl halides is 3. The molecule has 1 heterocycles. The lowest BCUT2D eigenvalue weighted by molar-refractivity contribution is -0.136. The van der Waals surface area contributed by atoms with Crippen molar-refractivity contribution in [1.29, 1.82) is 0 Å². The number of rotatable bonds is 3. The SMILES string of the molecule is FC(F)(F)c1cccc(Cl)c1NCc1csc(Br)c1. The molecule has 0 bridgehead atoms. The molecule has 0 aliphatic carbocycles. The Hall–Kier alpha value is -0.720. The molecule has 0 aliphatic heterocycles. The van der Waals surface area contributed by atoms with Gasteiger partial charge in [0.1, 0.15) is 0 Å². The van der Waals surface area contributed by atoms with E-state index in [9.17, 15) is 13.2 Å². The van der Waals surface area contributed by atoms with Crippen LogP contribution in [0.25, 0.3) is 0 Å². The second-order valence-corrected chi connectivity index (χ2v) is 6.47. The van der Waals surface area contributed by atoms with E-state index in [-0.39, 0.29) is 17.3 Å². The summed E-state index contributed by atoms with van der Waals surface area (Å²) in [4.78, 5) is 0. The van der Waals surface area contributed by atoms with Gasteiger partial charge in [0.25, 0.3) is 0 Å². The van der Waals surface area contributed by atoms with Gasteiger partial charge in [0, 0.05) is 6.54 Å². The predicted octanol–water partition coefficient (Wildman–Crippen LogP) is 5.79. The summed E-state index contributed by atoms with van der Waals surface area (Å²) in [6, 6.07) is 5.58. The second-order valence-electron chi connectivity index (χ2n) is 3.77. The maximum atomic E-state index is 12.9. The van der Waals surface area contributed by atoms with E-state index < -0.39 is 11.7 Å². The molecule has 2 rings (SSSR count). The number of benzene rings is 1. The van der Waals surface area contributed by atoms with Crippen LogP contribution in [-0.4, -0.2) is 0 Å². The van der Waals surface area contributed by atoms with E-state index in [1.807, 2.05) is 11.4 Å². The van der Waals surface area contributed by atoms with Gasteiger partial charge >= 0.3 is 6.18 Å². The molecule has 0 aliphatic rings. The van der Waals surface area contributed by atoms with Crippen LogP contribution in [0.15, 0.2) is 33.4 Å². The lowest BCUT2D eigenvalue weighted by atomic mass is 10.1. The number of para-hydroxylation sites is 1. The highest BCUT2D eigenvalue weighted by molar-refractivity contribution is 9.11. The predicted molar refractivity (Wildman–Crippen MR) is 75.8 cm³/mol. The first-order chi connectivity index (χ1) is 8.88. The first-order valence-electron chi connectivity index (χ1n) is 5.20. The van der Waals surface area contributed by atoms with Crippen molar-refractivity contribution in [3.63, 3.8) is 0 Å². The molecule has 0 spiro atoms. The summed E-state index contributed by atoms with van der Waals surface area (Å²) in [6.07, 6.45) is -4.43. The summed E-state index contributed by atoms with van der Waals surface area (Å²) in [7, 11) is 0. The number of hydrogen-bond acceptors (Lipinski definition) is 2. The van der Waals surface area contributed by atoms with Crippen molar-refractivity contribution in [2.45, 2.75) is 12.7 Å². The molecule has 1 aromatic heterocycles. The van der Waals surface area contributed by atoms with Crippen LogP contribution in [0.3, 0.4) is 0 Å². The first-order valence-corrected chi connectivity index (χ1v) is 7.25. The zero-order valence-electron chi connectivity index (χ0n) is 9.39. The Kier molecular flexibility index (Phi) is 4.43. The maximum Gasteiger partial charge on any atom is 0.418 e. The van der Waals surface area contributed by atoms with Crippen molar-refractivity contribution in [1.82, 2.24) is 0 Å². The quantitative estimate of drug-likeness (QED) is 0.720. The molecule has 0 amide bonds. The Morgan fingerprint density at radius 2 is 2.05 bits per heavy atom. The highest BCUT2D eigenvalue weighted by atomic mass is 79.9. The molecule has 102 valence electrons. The van der Waals surface area contributed by atoms with Crippen LogP contribution in [0.4, 0.5) is 18.9 Å². The molecule has 7 heteroatoms. The molecule has 0 radical (unpaired) electrons. The number of anilines is 1. The molecule has 1 nitrogen and oxygen atoms in total. The van der Waals surface area contributed by atoms with E-state index in [0.717, 1.165) is 15.4 Å². The average Bonchev–Trinajstić information content (AvgIpc) is 2.72. The number of nitrogens with one attached hydrogen (secondary N) is 1. The van der Waals surface area contributed by atoms with Gasteiger partial charge in [0.2, 0.25) is 0 Å². The molecular formula is C12H8BrClF3NS. The minimum atomic E-state index is -4.43. The van der Waals surface area contributed by atoms with Gasteiger partial charge in [-0.25, -0.2) is 0 Å². The Bertz CT molecular complexity index is 583. The third-order valence-electron chi connectivity index (χ3n) is 2.41. The summed E-state index contributed by atoms with van der Waals surface area (Å²) >= 11 is 10.6. The van der Waals surface area contributed by atoms with Crippen LogP contribution < -0.4 is 5.32 Å². The van der Waals surface area contributed by atoms with Crippen molar-refractivity contribution < 1.29 is 13.2 Å². The number of thiophene rings is 1. The normalized spacial score (nSPS) is 11.6. The molecule has 19 heavy (non-hydrogen) atoms. The first kappa shape index (κ1) is 14.7. The fraction of sp³-hybridized carbons (Fsp3) is 0.167. The molecule has 0 fully saturated rings. The fourth-order valence-electron chi connectivity index (χ4n) is 1.57. The van der Waals surface area contributed by atoms with E-state index in [2.05, 4.69) is 21.2 Å². The summed E-state index contributed by atoms with van der Waals surface area (Å²) in [5, 5.41) is 4.67. The fourth-order valence-corrected chi connectivity index (χ4v) is 3.02. The molecule has 1 N–H and O–H groups in total. The standard InChI is InChI=1S/C12H8BrClF3NS/c13-10-4-7(6-19-10)5-18-11-8(12(15,16)17)2-1-3-9(11)14/h1-4,6,18H,5H2. The molecule has 0 unspecified atom stereocenters. The highest BCUT2D eigenvalue weighted by Gasteiger charge is 2.34. The summed E-state index contributed by atoms with van der Waals surface area (Å²) in [5.74, 6) is 0. The largest absolute Gasteiger partial charge is 0.418 e. The zero-order valence-corrected chi connectivity index (χ0v) is 12.6. The molecular weight excluding hydrogens is 363 g/mol. The Labute approximate surface area is 125 Å². The van der Waals surface area contributed by atoms with Gasteiger partial charge in [0.05, 0.1) is 20.1 Å². The molecule has 1 aromatic carbocycles. The van der Waals surface area contributed by atoms with E-state index in [1.165, 1.54) is 23.5 Å². The maximum absolute atomic E-state index is 12.9. The van der Waals surface area contributed by atoms with E-state index >= 15 is 0 Å². The lowest BCUT2D eigenvalue weighted by Crippen LogP contribution is -2.11.